The highest BCUT2D eigenvalue weighted by atomic mass is 32.5. The van der Waals surface area contributed by atoms with Gasteiger partial charge in [0.1, 0.15) is 53.8 Å². The number of rotatable bonds is 22. The summed E-state index contributed by atoms with van der Waals surface area (Å²) in [7, 11) is 3.35. The van der Waals surface area contributed by atoms with Crippen LogP contribution in [0.4, 0.5) is 26.4 Å². The Morgan fingerprint density at radius 3 is 1.46 bits per heavy atom. The van der Waals surface area contributed by atoms with Crippen molar-refractivity contribution in [2.45, 2.75) is 136 Å². The average Bonchev–Trinajstić information content (AvgIpc) is 1.62. The molecule has 0 unspecified atom stereocenters. The first-order valence-corrected chi connectivity index (χ1v) is 34.9. The van der Waals surface area contributed by atoms with Gasteiger partial charge in [0.05, 0.1) is 39.1 Å². The monoisotopic (exact) mass is 1350 g/mol. The number of nitrogens with zero attached hydrogens (tertiary/aromatic N) is 8. The van der Waals surface area contributed by atoms with E-state index in [1.165, 1.54) is 35.6 Å². The van der Waals surface area contributed by atoms with E-state index in [0.29, 0.717) is 45.6 Å². The number of hydrogen-bond acceptors (Lipinski definition) is 23. The summed E-state index contributed by atoms with van der Waals surface area (Å²) < 4.78 is 83.4. The molecule has 0 amide bonds. The molecular weight excluding hydrogens is 1270 g/mol. The minimum atomic E-state index is -3.57. The number of alkyl halides is 2. The quantitative estimate of drug-likeness (QED) is 0.0245. The highest BCUT2D eigenvalue weighted by Gasteiger charge is 2.57. The zero-order valence-electron chi connectivity index (χ0n) is 53.3. The molecule has 2 aliphatic heterocycles. The molecule has 0 radical (unpaired) electrons. The first-order valence-electron chi connectivity index (χ1n) is 29.6. The van der Waals surface area contributed by atoms with E-state index in [1.807, 2.05) is 114 Å². The van der Waals surface area contributed by atoms with Gasteiger partial charge in [0.15, 0.2) is 57.8 Å². The second-order valence-corrected chi connectivity index (χ2v) is 31.5. The second kappa shape index (κ2) is 27.7. The fourth-order valence-electron chi connectivity index (χ4n) is 10.1. The Hall–Kier alpha value is -6.72. The van der Waals surface area contributed by atoms with Gasteiger partial charge >= 0.3 is 25.2 Å². The Kier molecular flexibility index (Phi) is 21.0. The number of halogens is 2. The number of aliphatic hydroxyl groups excluding tert-OH is 2. The molecule has 10 rings (SSSR count). The molecule has 2 fully saturated rings. The summed E-state index contributed by atoms with van der Waals surface area (Å²) in [6.07, 6.45) is -5.51. The summed E-state index contributed by atoms with van der Waals surface area (Å²) in [6.45, 7) is 11.6. The lowest BCUT2D eigenvalue weighted by Crippen LogP contribution is -2.41. The number of carbonyl (C=O) groups is 2. The minimum Gasteiger partial charge on any atom is -0.464 e. The van der Waals surface area contributed by atoms with Crippen LogP contribution in [0.1, 0.15) is 87.5 Å². The van der Waals surface area contributed by atoms with Crippen LogP contribution >= 0.6 is 13.3 Å². The summed E-state index contributed by atoms with van der Waals surface area (Å²) in [6, 6.07) is 24.3. The topological polar surface area (TPSA) is 310 Å². The Balaban J connectivity index is 0.000000217. The predicted octanol–water partition coefficient (Wildman–Crippen LogP) is 9.68. The van der Waals surface area contributed by atoms with E-state index in [1.54, 1.807) is 47.0 Å². The van der Waals surface area contributed by atoms with Gasteiger partial charge in [-0.1, -0.05) is 114 Å². The number of nitrogens with one attached hydrogen (secondary N) is 4. The van der Waals surface area contributed by atoms with Gasteiger partial charge in [-0.3, -0.25) is 18.7 Å². The fourth-order valence-corrected chi connectivity index (χ4v) is 14.9. The molecule has 0 aliphatic carbocycles. The van der Waals surface area contributed by atoms with Crippen molar-refractivity contribution in [1.82, 2.24) is 49.2 Å². The van der Waals surface area contributed by atoms with Gasteiger partial charge in [-0.15, -0.1) is 0 Å². The molecule has 2 aliphatic rings. The van der Waals surface area contributed by atoms with E-state index in [2.05, 4.69) is 50.7 Å². The van der Waals surface area contributed by atoms with Crippen molar-refractivity contribution in [2.24, 2.45) is 10.8 Å². The number of aryl methyl sites for hydroxylation is 1. The molecule has 8 N–H and O–H groups in total. The first-order chi connectivity index (χ1) is 43.2. The normalized spacial score (nSPS) is 23.7. The van der Waals surface area contributed by atoms with Gasteiger partial charge in [0.2, 0.25) is 5.95 Å². The summed E-state index contributed by atoms with van der Waals surface area (Å²) in [5, 5.41) is 37.5. The van der Waals surface area contributed by atoms with E-state index in [-0.39, 0.29) is 48.9 Å². The fraction of sp³-hybridized carbons (Fsp3) is 0.475. The van der Waals surface area contributed by atoms with Crippen molar-refractivity contribution < 1.29 is 65.6 Å². The number of nitrogens with two attached hydrogens (primary N) is 1. The molecule has 6 heterocycles. The van der Waals surface area contributed by atoms with E-state index < -0.39 is 85.5 Å². The van der Waals surface area contributed by atoms with Crippen molar-refractivity contribution >= 4 is 110 Å². The Morgan fingerprint density at radius 1 is 0.652 bits per heavy atom. The maximum atomic E-state index is 16.3. The van der Waals surface area contributed by atoms with Crippen LogP contribution in [-0.4, -0.2) is 150 Å². The molecular formula is C61H79F2N13O12P2S2. The van der Waals surface area contributed by atoms with Crippen molar-refractivity contribution in [2.75, 3.05) is 56.9 Å². The van der Waals surface area contributed by atoms with Crippen LogP contribution in [0.2, 0.25) is 0 Å². The Morgan fingerprint density at radius 2 is 1.04 bits per heavy atom. The molecule has 0 bridgehead atoms. The number of anilines is 3. The number of hydrogen-bond donors (Lipinski definition) is 7. The van der Waals surface area contributed by atoms with Gasteiger partial charge in [0, 0.05) is 24.9 Å². The third kappa shape index (κ3) is 15.7. The van der Waals surface area contributed by atoms with Gasteiger partial charge in [-0.05, 0) is 92.0 Å². The largest absolute Gasteiger partial charge is 0.464 e. The lowest BCUT2D eigenvalue weighted by Gasteiger charge is -2.29. The van der Waals surface area contributed by atoms with Crippen LogP contribution in [0, 0.1) is 17.8 Å². The molecule has 8 aromatic rings. The minimum absolute atomic E-state index is 0.0508. The standard InChI is InChI=1S/C31H40FN6O6PS.C30H39FN7O6PS/c1-18(28(40)41-16-30(3,4)5)37-45(46,44-22-14-10-12-20-11-8-9-13-21(20)22)42-15-23-25(39)31(6,32)29(43-23)38-17-34-24-26(33-7)35-19(2)36-27(24)38;1-17(26(40)41-15-29(2,3)4)37-45(46,44-20-13-9-11-18-10-7-8-12-19(18)20)42-14-21-23(39)30(5,31)27(43-21)38-16-34-22-24(33-6)35-28(32)36-25(22)38/h8-14,17-18,23,25,29,39H,15-16H2,1-7H3,(H,37,46)(H,33,35,36);7-13,16-17,21,23,27,39H,14-15H2,1-6H3,(H,37,46)(H3,32,33,35,36)/t18-,23+,25+,29+,31+,45-;17-,21-,23-,27-,30-,45+/m01/s1. The number of esters is 2. The molecule has 4 aromatic carbocycles. The van der Waals surface area contributed by atoms with Crippen LogP contribution in [0.3, 0.4) is 0 Å². The van der Waals surface area contributed by atoms with Gasteiger partial charge in [-0.25, -0.2) is 38.9 Å². The lowest BCUT2D eigenvalue weighted by molar-refractivity contribution is -0.148. The van der Waals surface area contributed by atoms with Crippen LogP contribution in [0.15, 0.2) is 97.6 Å². The number of benzene rings is 4. The number of fused-ring (bicyclic) bond motifs is 4. The second-order valence-electron chi connectivity index (χ2n) is 25.2. The molecule has 0 saturated carbocycles. The third-order valence-corrected chi connectivity index (χ3v) is 19.8. The SMILES string of the molecule is CNc1nc(C)nc2c1ncn2[C@@H]1O[C@H](CO[P@@](=S)(N[C@@H](C)C(=O)OCC(C)(C)C)Oc2cccc3ccccc23)[C@@H](O)[C@@]1(C)F.CNc1nc(N)nc2c1ncn2[C@@H]1O[C@H](CO[P@@](=S)(N[C@H](C)C(=O)OCC(C)(C)C)Oc2cccc3ccccc23)[C@@H](O)[C@@]1(C)F. The van der Waals surface area contributed by atoms with Crippen molar-refractivity contribution in [3.63, 3.8) is 0 Å². The number of aromatic nitrogens is 8. The van der Waals surface area contributed by atoms with E-state index in [4.69, 9.17) is 66.4 Å². The molecule has 12 atom stereocenters. The predicted molar refractivity (Wildman–Crippen MR) is 353 cm³/mol. The number of nitrogen functional groups attached to an aromatic ring is 1. The summed E-state index contributed by atoms with van der Waals surface area (Å²) in [4.78, 5) is 51.6. The third-order valence-electron chi connectivity index (χ3n) is 14.8. The number of aliphatic hydroxyl groups is 2. The molecule has 0 spiro atoms. The number of ether oxygens (including phenoxy) is 4. The van der Waals surface area contributed by atoms with Crippen molar-refractivity contribution in [3.8, 4) is 11.5 Å². The maximum absolute atomic E-state index is 16.3. The van der Waals surface area contributed by atoms with Crippen LogP contribution in [-0.2, 0) is 61.2 Å². The summed E-state index contributed by atoms with van der Waals surface area (Å²) in [5.41, 5.74) is 2.15. The summed E-state index contributed by atoms with van der Waals surface area (Å²) in [5.74, 6) is 1.01. The van der Waals surface area contributed by atoms with Crippen LogP contribution in [0.5, 0.6) is 11.5 Å². The lowest BCUT2D eigenvalue weighted by atomic mass is 9.98. The highest BCUT2D eigenvalue weighted by molar-refractivity contribution is 8.09. The van der Waals surface area contributed by atoms with Crippen molar-refractivity contribution in [1.29, 1.82) is 0 Å². The van der Waals surface area contributed by atoms with Gasteiger partial charge < -0.3 is 63.6 Å². The molecule has 31 heteroatoms. The molecule has 25 nitrogen and oxygen atoms in total. The first kappa shape index (κ1) is 69.6. The zero-order valence-corrected chi connectivity index (χ0v) is 56.7. The average molecular weight is 1350 g/mol. The van der Waals surface area contributed by atoms with E-state index in [9.17, 15) is 19.8 Å². The van der Waals surface area contributed by atoms with Crippen molar-refractivity contribution in [3.05, 3.63) is 103 Å². The van der Waals surface area contributed by atoms with Crippen LogP contribution < -0.4 is 35.6 Å². The molecule has 92 heavy (non-hydrogen) atoms. The Bertz CT molecular complexity index is 3810. The molecule has 496 valence electrons. The number of imidazole rings is 2. The number of carbonyl (C=O) groups excluding carboxylic acids is 2. The maximum Gasteiger partial charge on any atom is 0.323 e. The van der Waals surface area contributed by atoms with Gasteiger partial charge in [0.25, 0.3) is 0 Å². The van der Waals surface area contributed by atoms with E-state index in [0.717, 1.165) is 21.5 Å². The smallest absolute Gasteiger partial charge is 0.323 e. The zero-order chi connectivity index (χ0) is 66.9. The molecule has 4 aromatic heterocycles. The molecule has 2 saturated heterocycles. The highest BCUT2D eigenvalue weighted by Crippen LogP contribution is 2.52. The van der Waals surface area contributed by atoms with E-state index >= 15 is 8.78 Å². The summed E-state index contributed by atoms with van der Waals surface area (Å²) >= 11 is 11.8. The van der Waals surface area contributed by atoms with Crippen LogP contribution in [0.25, 0.3) is 43.9 Å². The Labute approximate surface area is 541 Å². The van der Waals surface area contributed by atoms with Gasteiger partial charge in [-0.2, -0.15) is 9.97 Å².